The number of methoxy groups -OCH3 is 1. The monoisotopic (exact) mass is 343 g/mol. The quantitative estimate of drug-likeness (QED) is 0.836. The predicted molar refractivity (Wildman–Crippen MR) is 94.5 cm³/mol. The second kappa shape index (κ2) is 8.16. The molecule has 1 atom stereocenters. The molecule has 3 rings (SSSR count). The van der Waals surface area contributed by atoms with E-state index in [1.807, 2.05) is 37.3 Å². The van der Waals surface area contributed by atoms with Crippen LogP contribution in [0, 0.1) is 6.92 Å². The number of hydrogen-bond acceptors (Lipinski definition) is 5. The largest absolute Gasteiger partial charge is 0.496 e. The van der Waals surface area contributed by atoms with E-state index >= 15 is 0 Å². The maximum atomic E-state index is 12.3. The average Bonchev–Trinajstić information content (AvgIpc) is 3.24. The smallest absolute Gasteiger partial charge is 0.234 e. The molecular formula is C19H25N3O3. The Morgan fingerprint density at radius 3 is 3.04 bits per heavy atom. The fourth-order valence-electron chi connectivity index (χ4n) is 3.36. The molecule has 1 N–H and O–H groups in total. The first-order valence-electron chi connectivity index (χ1n) is 8.73. The molecule has 0 saturated carbocycles. The Morgan fingerprint density at radius 2 is 2.28 bits per heavy atom. The van der Waals surface area contributed by atoms with E-state index in [9.17, 15) is 4.79 Å². The summed E-state index contributed by atoms with van der Waals surface area (Å²) in [6.45, 7) is 3.80. The summed E-state index contributed by atoms with van der Waals surface area (Å²) < 4.78 is 10.7. The lowest BCUT2D eigenvalue weighted by Crippen LogP contribution is -2.37. The van der Waals surface area contributed by atoms with Crippen molar-refractivity contribution in [2.75, 3.05) is 26.7 Å². The summed E-state index contributed by atoms with van der Waals surface area (Å²) in [5.74, 6) is 1.76. The van der Waals surface area contributed by atoms with Crippen LogP contribution in [0.5, 0.6) is 5.75 Å². The van der Waals surface area contributed by atoms with Crippen molar-refractivity contribution in [2.45, 2.75) is 32.2 Å². The van der Waals surface area contributed by atoms with E-state index in [0.717, 1.165) is 48.6 Å². The summed E-state index contributed by atoms with van der Waals surface area (Å²) in [5.41, 5.74) is 1.98. The number of nitrogens with one attached hydrogen (secondary N) is 1. The Hall–Kier alpha value is -2.34. The van der Waals surface area contributed by atoms with Gasteiger partial charge in [0.15, 0.2) is 5.76 Å². The highest BCUT2D eigenvalue weighted by Crippen LogP contribution is 2.31. The zero-order valence-corrected chi connectivity index (χ0v) is 14.8. The number of hydrogen-bond donors (Lipinski definition) is 1. The normalized spacial score (nSPS) is 17.6. The Kier molecular flexibility index (Phi) is 5.71. The van der Waals surface area contributed by atoms with Gasteiger partial charge in [-0.25, -0.2) is 0 Å². The zero-order chi connectivity index (χ0) is 17.6. The molecule has 2 aromatic rings. The van der Waals surface area contributed by atoms with Crippen LogP contribution < -0.4 is 10.1 Å². The molecule has 6 heteroatoms. The molecule has 0 unspecified atom stereocenters. The molecule has 1 aliphatic rings. The highest BCUT2D eigenvalue weighted by atomic mass is 16.5. The summed E-state index contributed by atoms with van der Waals surface area (Å²) in [5, 5.41) is 6.96. The molecule has 0 aliphatic carbocycles. The third kappa shape index (κ3) is 4.39. The first-order valence-corrected chi connectivity index (χ1v) is 8.73. The van der Waals surface area contributed by atoms with Gasteiger partial charge in [-0.1, -0.05) is 23.4 Å². The maximum Gasteiger partial charge on any atom is 0.234 e. The van der Waals surface area contributed by atoms with Crippen molar-refractivity contribution >= 4 is 5.91 Å². The van der Waals surface area contributed by atoms with E-state index in [1.54, 1.807) is 7.11 Å². The molecule has 0 bridgehead atoms. The van der Waals surface area contributed by atoms with Gasteiger partial charge in [0.05, 0.1) is 25.4 Å². The molecule has 1 saturated heterocycles. The highest BCUT2D eigenvalue weighted by molar-refractivity contribution is 5.78. The number of amides is 1. The molecule has 6 nitrogen and oxygen atoms in total. The minimum Gasteiger partial charge on any atom is -0.496 e. The van der Waals surface area contributed by atoms with Crippen LogP contribution in [-0.2, 0) is 11.2 Å². The Labute approximate surface area is 148 Å². The van der Waals surface area contributed by atoms with E-state index in [2.05, 4.69) is 15.4 Å². The van der Waals surface area contributed by atoms with Gasteiger partial charge >= 0.3 is 0 Å². The second-order valence-electron chi connectivity index (χ2n) is 6.41. The molecule has 1 aromatic carbocycles. The molecule has 0 radical (unpaired) electrons. The van der Waals surface area contributed by atoms with Gasteiger partial charge in [0.2, 0.25) is 5.91 Å². The lowest BCUT2D eigenvalue weighted by molar-refractivity contribution is -0.122. The van der Waals surface area contributed by atoms with Gasteiger partial charge in [-0.3, -0.25) is 9.69 Å². The summed E-state index contributed by atoms with van der Waals surface area (Å²) in [7, 11) is 1.66. The van der Waals surface area contributed by atoms with Crippen molar-refractivity contribution in [3.05, 3.63) is 47.3 Å². The summed E-state index contributed by atoms with van der Waals surface area (Å²) in [4.78, 5) is 14.5. The standard InChI is InChI=1S/C19H25N3O3/c1-14-12-18(25-21-14)16-7-5-11-22(16)13-19(23)20-10-9-15-6-3-4-8-17(15)24-2/h3-4,6,8,12,16H,5,7,9-11,13H2,1-2H3,(H,20,23)/t16-/m0/s1. The molecule has 1 fully saturated rings. The van der Waals surface area contributed by atoms with Gasteiger partial charge in [-0.2, -0.15) is 0 Å². The lowest BCUT2D eigenvalue weighted by atomic mass is 10.1. The van der Waals surface area contributed by atoms with Crippen molar-refractivity contribution in [3.8, 4) is 5.75 Å². The number of ether oxygens (including phenoxy) is 1. The number of aryl methyl sites for hydroxylation is 1. The van der Waals surface area contributed by atoms with Gasteiger partial charge in [0.1, 0.15) is 5.75 Å². The van der Waals surface area contributed by atoms with Crippen molar-refractivity contribution < 1.29 is 14.1 Å². The number of para-hydroxylation sites is 1. The van der Waals surface area contributed by atoms with Crippen molar-refractivity contribution in [3.63, 3.8) is 0 Å². The molecule has 1 aromatic heterocycles. The minimum atomic E-state index is 0.0398. The van der Waals surface area contributed by atoms with Crippen LogP contribution in [0.25, 0.3) is 0 Å². The van der Waals surface area contributed by atoms with Crippen LogP contribution >= 0.6 is 0 Å². The molecular weight excluding hydrogens is 318 g/mol. The predicted octanol–water partition coefficient (Wildman–Crippen LogP) is 2.49. The number of nitrogens with zero attached hydrogens (tertiary/aromatic N) is 2. The van der Waals surface area contributed by atoms with Gasteiger partial charge in [0.25, 0.3) is 0 Å². The van der Waals surface area contributed by atoms with E-state index in [4.69, 9.17) is 9.26 Å². The number of benzene rings is 1. The van der Waals surface area contributed by atoms with Crippen LogP contribution in [0.1, 0.15) is 35.9 Å². The Balaban J connectivity index is 1.49. The molecule has 0 spiro atoms. The van der Waals surface area contributed by atoms with Crippen LogP contribution in [0.3, 0.4) is 0 Å². The molecule has 1 aliphatic heterocycles. The van der Waals surface area contributed by atoms with Gasteiger partial charge in [-0.15, -0.1) is 0 Å². The van der Waals surface area contributed by atoms with E-state index < -0.39 is 0 Å². The van der Waals surface area contributed by atoms with Crippen LogP contribution in [0.15, 0.2) is 34.9 Å². The van der Waals surface area contributed by atoms with Crippen LogP contribution in [0.4, 0.5) is 0 Å². The number of likely N-dealkylation sites (tertiary alicyclic amines) is 1. The third-order valence-electron chi connectivity index (χ3n) is 4.59. The average molecular weight is 343 g/mol. The molecule has 134 valence electrons. The van der Waals surface area contributed by atoms with Crippen molar-refractivity contribution in [1.82, 2.24) is 15.4 Å². The fourth-order valence-corrected chi connectivity index (χ4v) is 3.36. The number of aromatic nitrogens is 1. The number of carbonyl (C=O) groups excluding carboxylic acids is 1. The molecule has 1 amide bonds. The topological polar surface area (TPSA) is 67.6 Å². The van der Waals surface area contributed by atoms with Gasteiger partial charge in [-0.05, 0) is 44.4 Å². The lowest BCUT2D eigenvalue weighted by Gasteiger charge is -2.21. The van der Waals surface area contributed by atoms with Gasteiger partial charge < -0.3 is 14.6 Å². The minimum absolute atomic E-state index is 0.0398. The van der Waals surface area contributed by atoms with Crippen LogP contribution in [0.2, 0.25) is 0 Å². The van der Waals surface area contributed by atoms with Crippen LogP contribution in [-0.4, -0.2) is 42.7 Å². The SMILES string of the molecule is COc1ccccc1CCNC(=O)CN1CCC[C@H]1c1cc(C)no1. The third-order valence-corrected chi connectivity index (χ3v) is 4.59. The summed E-state index contributed by atoms with van der Waals surface area (Å²) in [6, 6.07) is 10.00. The first-order chi connectivity index (χ1) is 12.2. The van der Waals surface area contributed by atoms with Gasteiger partial charge in [0, 0.05) is 12.6 Å². The highest BCUT2D eigenvalue weighted by Gasteiger charge is 2.30. The van der Waals surface area contributed by atoms with Crippen molar-refractivity contribution in [2.24, 2.45) is 0 Å². The Bertz CT molecular complexity index is 713. The summed E-state index contributed by atoms with van der Waals surface area (Å²) >= 11 is 0. The van der Waals surface area contributed by atoms with E-state index in [-0.39, 0.29) is 11.9 Å². The number of carbonyl (C=O) groups is 1. The first kappa shape index (κ1) is 17.5. The number of rotatable bonds is 7. The molecule has 25 heavy (non-hydrogen) atoms. The summed E-state index contributed by atoms with van der Waals surface area (Å²) in [6.07, 6.45) is 2.82. The fraction of sp³-hybridized carbons (Fsp3) is 0.474. The van der Waals surface area contributed by atoms with E-state index in [1.165, 1.54) is 0 Å². The maximum absolute atomic E-state index is 12.3. The van der Waals surface area contributed by atoms with E-state index in [0.29, 0.717) is 13.1 Å². The second-order valence-corrected chi connectivity index (χ2v) is 6.41. The van der Waals surface area contributed by atoms with Crippen molar-refractivity contribution in [1.29, 1.82) is 0 Å². The Morgan fingerprint density at radius 1 is 1.44 bits per heavy atom. The zero-order valence-electron chi connectivity index (χ0n) is 14.8. The molecule has 2 heterocycles.